The highest BCUT2D eigenvalue weighted by atomic mass is 32.2. The fourth-order valence-corrected chi connectivity index (χ4v) is 2.73. The van der Waals surface area contributed by atoms with E-state index in [-0.39, 0.29) is 6.54 Å². The Hall–Kier alpha value is -0.860. The molecule has 0 saturated heterocycles. The molecule has 106 valence electrons. The molecule has 3 N–H and O–H groups in total. The van der Waals surface area contributed by atoms with Crippen molar-refractivity contribution in [2.75, 3.05) is 13.7 Å². The van der Waals surface area contributed by atoms with Crippen molar-refractivity contribution in [2.45, 2.75) is 38.2 Å². The number of nitrogens with one attached hydrogen (secondary N) is 2. The molecule has 0 spiro atoms. The van der Waals surface area contributed by atoms with Crippen LogP contribution in [-0.4, -0.2) is 38.9 Å². The van der Waals surface area contributed by atoms with E-state index in [9.17, 15) is 18.3 Å². The summed E-state index contributed by atoms with van der Waals surface area (Å²) >= 11 is 0. The van der Waals surface area contributed by atoms with Crippen molar-refractivity contribution in [3.8, 4) is 0 Å². The molecule has 0 heterocycles. The van der Waals surface area contributed by atoms with Crippen LogP contribution in [0.2, 0.25) is 0 Å². The molecule has 0 unspecified atom stereocenters. The molecule has 7 nitrogen and oxygen atoms in total. The molecular formula is C10H20N2O5S. The van der Waals surface area contributed by atoms with Gasteiger partial charge in [-0.2, -0.15) is 13.1 Å². The number of rotatable bonds is 4. The van der Waals surface area contributed by atoms with E-state index in [0.717, 1.165) is 20.0 Å². The maximum atomic E-state index is 11.4. The second-order valence-corrected chi connectivity index (χ2v) is 6.32. The highest BCUT2D eigenvalue weighted by Crippen LogP contribution is 2.31. The van der Waals surface area contributed by atoms with Crippen molar-refractivity contribution in [3.05, 3.63) is 0 Å². The van der Waals surface area contributed by atoms with Crippen LogP contribution in [0.25, 0.3) is 0 Å². The van der Waals surface area contributed by atoms with E-state index in [1.165, 1.54) is 0 Å². The zero-order valence-corrected chi connectivity index (χ0v) is 11.4. The average Bonchev–Trinajstić information content (AvgIpc) is 2.31. The first kappa shape index (κ1) is 15.2. The molecule has 0 aliphatic heterocycles. The Kier molecular flexibility index (Phi) is 4.94. The van der Waals surface area contributed by atoms with Crippen LogP contribution in [-0.2, 0) is 14.9 Å². The van der Waals surface area contributed by atoms with Gasteiger partial charge in [-0.3, -0.25) is 0 Å². The topological polar surface area (TPSA) is 105 Å². The second kappa shape index (κ2) is 5.85. The van der Waals surface area contributed by atoms with Crippen molar-refractivity contribution >= 4 is 16.3 Å². The molecule has 1 aliphatic carbocycles. The van der Waals surface area contributed by atoms with E-state index in [2.05, 4.69) is 16.4 Å². The summed E-state index contributed by atoms with van der Waals surface area (Å²) in [6, 6.07) is 0. The Balaban J connectivity index is 2.46. The monoisotopic (exact) mass is 280 g/mol. The molecule has 0 aromatic rings. The van der Waals surface area contributed by atoms with Crippen molar-refractivity contribution in [1.82, 2.24) is 9.44 Å². The third-order valence-electron chi connectivity index (χ3n) is 3.20. The van der Waals surface area contributed by atoms with Gasteiger partial charge in [0.1, 0.15) is 0 Å². The molecule has 1 saturated carbocycles. The van der Waals surface area contributed by atoms with Crippen LogP contribution >= 0.6 is 0 Å². The number of aliphatic hydroxyl groups is 1. The average molecular weight is 280 g/mol. The van der Waals surface area contributed by atoms with Crippen LogP contribution in [0, 0.1) is 5.92 Å². The summed E-state index contributed by atoms with van der Waals surface area (Å²) in [6.07, 6.45) is 1.77. The molecular weight excluding hydrogens is 260 g/mol. The highest BCUT2D eigenvalue weighted by Gasteiger charge is 2.33. The highest BCUT2D eigenvalue weighted by molar-refractivity contribution is 7.88. The number of ether oxygens (including phenoxy) is 1. The lowest BCUT2D eigenvalue weighted by atomic mass is 9.80. The lowest BCUT2D eigenvalue weighted by Gasteiger charge is -2.34. The molecule has 1 fully saturated rings. The number of carbonyl (C=O) groups is 1. The first-order valence-corrected chi connectivity index (χ1v) is 7.32. The van der Waals surface area contributed by atoms with Crippen LogP contribution in [0.3, 0.4) is 0 Å². The summed E-state index contributed by atoms with van der Waals surface area (Å²) in [4.78, 5) is 10.8. The molecule has 1 amide bonds. The molecule has 8 heteroatoms. The molecule has 1 rings (SSSR count). The van der Waals surface area contributed by atoms with Crippen LogP contribution in [0.4, 0.5) is 4.79 Å². The van der Waals surface area contributed by atoms with Crippen molar-refractivity contribution < 1.29 is 23.1 Å². The Morgan fingerprint density at radius 1 is 1.44 bits per heavy atom. The number of amides is 1. The smallest absolute Gasteiger partial charge is 0.421 e. The van der Waals surface area contributed by atoms with Gasteiger partial charge in [0.15, 0.2) is 0 Å². The van der Waals surface area contributed by atoms with E-state index in [0.29, 0.717) is 18.8 Å². The first-order valence-electron chi connectivity index (χ1n) is 5.84. The van der Waals surface area contributed by atoms with Gasteiger partial charge in [-0.1, -0.05) is 6.92 Å². The molecule has 18 heavy (non-hydrogen) atoms. The Bertz CT molecular complexity index is 387. The summed E-state index contributed by atoms with van der Waals surface area (Å²) in [5.74, 6) is 0.551. The van der Waals surface area contributed by atoms with Gasteiger partial charge < -0.3 is 9.84 Å². The molecule has 0 radical (unpaired) electrons. The van der Waals surface area contributed by atoms with Gasteiger partial charge in [-0.25, -0.2) is 9.52 Å². The molecule has 1 aliphatic rings. The van der Waals surface area contributed by atoms with Crippen LogP contribution in [0.5, 0.6) is 0 Å². The summed E-state index contributed by atoms with van der Waals surface area (Å²) in [7, 11) is -2.91. The normalized spacial score (nSPS) is 28.7. The van der Waals surface area contributed by atoms with Gasteiger partial charge in [0.2, 0.25) is 0 Å². The van der Waals surface area contributed by atoms with Gasteiger partial charge in [0, 0.05) is 6.54 Å². The summed E-state index contributed by atoms with van der Waals surface area (Å²) in [5.41, 5.74) is -1.03. The van der Waals surface area contributed by atoms with Crippen molar-refractivity contribution in [2.24, 2.45) is 5.92 Å². The minimum atomic E-state index is -3.98. The zero-order valence-electron chi connectivity index (χ0n) is 10.6. The maximum absolute atomic E-state index is 11.4. The zero-order chi connectivity index (χ0) is 13.8. The Morgan fingerprint density at radius 3 is 2.50 bits per heavy atom. The fourth-order valence-electron chi connectivity index (χ4n) is 1.89. The third kappa shape index (κ3) is 4.79. The fraction of sp³-hybridized carbons (Fsp3) is 0.900. The summed E-state index contributed by atoms with van der Waals surface area (Å²) in [5, 5.41) is 10.2. The molecule has 0 bridgehead atoms. The van der Waals surface area contributed by atoms with E-state index in [1.54, 1.807) is 4.72 Å². The maximum Gasteiger partial charge on any atom is 0.421 e. The SMILES string of the molecule is COC(=O)NS(=O)(=O)NCC1(O)CCC(C)CC1. The summed E-state index contributed by atoms with van der Waals surface area (Å²) < 4.78 is 30.8. The molecule has 0 aromatic heterocycles. The van der Waals surface area contributed by atoms with E-state index < -0.39 is 21.9 Å². The standard InChI is InChI=1S/C10H20N2O5S/c1-8-3-5-10(14,6-4-8)7-11-18(15,16)12-9(13)17-2/h8,11,14H,3-7H2,1-2H3,(H,12,13). The quantitative estimate of drug-likeness (QED) is 0.678. The minimum Gasteiger partial charge on any atom is -0.452 e. The van der Waals surface area contributed by atoms with E-state index in [4.69, 9.17) is 0 Å². The first-order chi connectivity index (χ1) is 8.26. The Morgan fingerprint density at radius 2 is 2.00 bits per heavy atom. The predicted octanol–water partition coefficient (Wildman–Crippen LogP) is 0.118. The largest absolute Gasteiger partial charge is 0.452 e. The van der Waals surface area contributed by atoms with Gasteiger partial charge in [-0.05, 0) is 31.6 Å². The van der Waals surface area contributed by atoms with Crippen LogP contribution in [0.15, 0.2) is 0 Å². The van der Waals surface area contributed by atoms with Gasteiger partial charge >= 0.3 is 16.3 Å². The minimum absolute atomic E-state index is 0.105. The number of carbonyl (C=O) groups excluding carboxylic acids is 1. The van der Waals surface area contributed by atoms with Gasteiger partial charge in [0.05, 0.1) is 12.7 Å². The van der Waals surface area contributed by atoms with E-state index >= 15 is 0 Å². The Labute approximate surface area is 107 Å². The third-order valence-corrected chi connectivity index (χ3v) is 4.16. The van der Waals surface area contributed by atoms with Gasteiger partial charge in [-0.15, -0.1) is 0 Å². The van der Waals surface area contributed by atoms with Crippen molar-refractivity contribution in [1.29, 1.82) is 0 Å². The number of methoxy groups -OCH3 is 1. The van der Waals surface area contributed by atoms with Crippen LogP contribution in [0.1, 0.15) is 32.6 Å². The number of hydrogen-bond donors (Lipinski definition) is 3. The van der Waals surface area contributed by atoms with E-state index in [1.807, 2.05) is 0 Å². The lowest BCUT2D eigenvalue weighted by molar-refractivity contribution is -0.00189. The van der Waals surface area contributed by atoms with Crippen LogP contribution < -0.4 is 9.44 Å². The second-order valence-electron chi connectivity index (χ2n) is 4.83. The predicted molar refractivity (Wildman–Crippen MR) is 65.0 cm³/mol. The number of hydrogen-bond acceptors (Lipinski definition) is 5. The summed E-state index contributed by atoms with van der Waals surface area (Å²) in [6.45, 7) is 1.99. The van der Waals surface area contributed by atoms with Gasteiger partial charge in [0.25, 0.3) is 0 Å². The molecule has 0 aromatic carbocycles. The molecule has 0 atom stereocenters. The lowest BCUT2D eigenvalue weighted by Crippen LogP contribution is -2.49. The van der Waals surface area contributed by atoms with Crippen molar-refractivity contribution in [3.63, 3.8) is 0 Å².